The first-order chi connectivity index (χ1) is 4.70. The van der Waals surface area contributed by atoms with Gasteiger partial charge in [-0.3, -0.25) is 0 Å². The minimum absolute atomic E-state index is 0.0552. The smallest absolute Gasteiger partial charge is 0.117 e. The molecule has 1 unspecified atom stereocenters. The Morgan fingerprint density at radius 2 is 2.40 bits per heavy atom. The quantitative estimate of drug-likeness (QED) is 0.509. The van der Waals surface area contributed by atoms with Gasteiger partial charge in [0.15, 0.2) is 0 Å². The molecule has 0 amide bonds. The van der Waals surface area contributed by atoms with E-state index in [1.165, 1.54) is 13.1 Å². The zero-order valence-corrected chi connectivity index (χ0v) is 5.92. The van der Waals surface area contributed by atoms with Gasteiger partial charge in [0.1, 0.15) is 11.5 Å². The molecule has 0 spiro atoms. The van der Waals surface area contributed by atoms with Crippen molar-refractivity contribution in [3.05, 3.63) is 28.8 Å². The van der Waals surface area contributed by atoms with Crippen LogP contribution in [0, 0.1) is 5.21 Å². The number of hydroxylamine groups is 2. The van der Waals surface area contributed by atoms with Crippen molar-refractivity contribution >= 4 is 0 Å². The molecular weight excluding hydrogens is 130 g/mol. The molecule has 10 heavy (non-hydrogen) atoms. The van der Waals surface area contributed by atoms with E-state index in [9.17, 15) is 5.21 Å². The summed E-state index contributed by atoms with van der Waals surface area (Å²) in [5, 5.41) is 19.8. The second-order valence-corrected chi connectivity index (χ2v) is 2.39. The van der Waals surface area contributed by atoms with Crippen molar-refractivity contribution in [2.75, 3.05) is 7.05 Å². The number of rotatable bonds is 1. The molecule has 2 N–H and O–H groups in total. The summed E-state index contributed by atoms with van der Waals surface area (Å²) in [4.78, 5) is 0. The largest absolute Gasteiger partial charge is 0.629 e. The minimum Gasteiger partial charge on any atom is -0.629 e. The third-order valence-corrected chi connectivity index (χ3v) is 1.54. The highest BCUT2D eigenvalue weighted by Gasteiger charge is 2.07. The molecule has 1 aliphatic carbocycles. The van der Waals surface area contributed by atoms with E-state index in [1.807, 2.05) is 0 Å². The average molecular weight is 141 g/mol. The maximum absolute atomic E-state index is 10.7. The molecule has 3 nitrogen and oxygen atoms in total. The Labute approximate surface area is 59.8 Å². The van der Waals surface area contributed by atoms with Crippen LogP contribution in [0.3, 0.4) is 0 Å². The van der Waals surface area contributed by atoms with Gasteiger partial charge in [-0.15, -0.1) is 0 Å². The van der Waals surface area contributed by atoms with Crippen LogP contribution in [-0.2, 0) is 0 Å². The maximum Gasteiger partial charge on any atom is 0.117 e. The summed E-state index contributed by atoms with van der Waals surface area (Å²) in [6.45, 7) is 0. The average Bonchev–Trinajstić information content (AvgIpc) is 1.88. The summed E-state index contributed by atoms with van der Waals surface area (Å²) in [7, 11) is 1.52. The summed E-state index contributed by atoms with van der Waals surface area (Å²) in [6, 6.07) is 0. The SMILES string of the molecule is C[NH+]([O-])C1=CC(O)=CCC1. The van der Waals surface area contributed by atoms with Crippen LogP contribution < -0.4 is 5.06 Å². The molecule has 1 rings (SSSR count). The standard InChI is InChI=1S/C7H11NO2/c1-8(10)6-3-2-4-7(9)5-6/h4-5,8-9H,2-3H2,1H3. The molecule has 1 aliphatic rings. The summed E-state index contributed by atoms with van der Waals surface area (Å²) in [5.74, 6) is 0.219. The number of hydrogen-bond acceptors (Lipinski definition) is 2. The van der Waals surface area contributed by atoms with Crippen molar-refractivity contribution in [1.29, 1.82) is 0 Å². The number of quaternary nitrogens is 1. The molecule has 0 aromatic rings. The summed E-state index contributed by atoms with van der Waals surface area (Å²) >= 11 is 0. The molecule has 0 aromatic carbocycles. The maximum atomic E-state index is 10.7. The molecule has 0 aromatic heterocycles. The Bertz CT molecular complexity index is 182. The van der Waals surface area contributed by atoms with Crippen LogP contribution in [0.2, 0.25) is 0 Å². The first kappa shape index (κ1) is 7.31. The normalized spacial score (nSPS) is 21.4. The molecule has 56 valence electrons. The van der Waals surface area contributed by atoms with E-state index >= 15 is 0 Å². The van der Waals surface area contributed by atoms with Gasteiger partial charge in [-0.05, 0) is 12.5 Å². The highest BCUT2D eigenvalue weighted by Crippen LogP contribution is 2.09. The van der Waals surface area contributed by atoms with Crippen LogP contribution in [-0.4, -0.2) is 12.2 Å². The second kappa shape index (κ2) is 2.86. The van der Waals surface area contributed by atoms with Crippen LogP contribution in [0.4, 0.5) is 0 Å². The highest BCUT2D eigenvalue weighted by molar-refractivity contribution is 5.17. The first-order valence-electron chi connectivity index (χ1n) is 3.31. The van der Waals surface area contributed by atoms with Crippen LogP contribution in [0.5, 0.6) is 0 Å². The van der Waals surface area contributed by atoms with E-state index in [4.69, 9.17) is 5.11 Å². The van der Waals surface area contributed by atoms with Crippen molar-refractivity contribution in [2.24, 2.45) is 0 Å². The predicted molar refractivity (Wildman–Crippen MR) is 38.3 cm³/mol. The number of aliphatic hydroxyl groups excluding tert-OH is 1. The van der Waals surface area contributed by atoms with Crippen molar-refractivity contribution in [1.82, 2.24) is 0 Å². The molecule has 0 aliphatic heterocycles. The van der Waals surface area contributed by atoms with Gasteiger partial charge in [0.05, 0.1) is 7.05 Å². The monoisotopic (exact) mass is 141 g/mol. The van der Waals surface area contributed by atoms with Gasteiger partial charge in [0.25, 0.3) is 0 Å². The van der Waals surface area contributed by atoms with Gasteiger partial charge in [0.2, 0.25) is 0 Å². The number of nitrogens with one attached hydrogen (secondary N) is 1. The fourth-order valence-electron chi connectivity index (χ4n) is 0.963. The van der Waals surface area contributed by atoms with Gasteiger partial charge < -0.3 is 15.4 Å². The Kier molecular flexibility index (Phi) is 2.09. The van der Waals surface area contributed by atoms with E-state index in [0.29, 0.717) is 0 Å². The summed E-state index contributed by atoms with van der Waals surface area (Å²) in [5.41, 5.74) is 0.722. The number of hydrogen-bond donors (Lipinski definition) is 2. The fourth-order valence-corrected chi connectivity index (χ4v) is 0.963. The van der Waals surface area contributed by atoms with Crippen LogP contribution >= 0.6 is 0 Å². The van der Waals surface area contributed by atoms with E-state index < -0.39 is 0 Å². The van der Waals surface area contributed by atoms with Crippen molar-refractivity contribution < 1.29 is 10.2 Å². The van der Waals surface area contributed by atoms with Crippen LogP contribution in [0.15, 0.2) is 23.6 Å². The Morgan fingerprint density at radius 1 is 1.70 bits per heavy atom. The number of aliphatic hydroxyl groups is 1. The fraction of sp³-hybridized carbons (Fsp3) is 0.429. The molecule has 0 saturated carbocycles. The van der Waals surface area contributed by atoms with Gasteiger partial charge in [-0.1, -0.05) is 0 Å². The Balaban J connectivity index is 2.69. The molecule has 0 saturated heterocycles. The first-order valence-corrected chi connectivity index (χ1v) is 3.31. The topological polar surface area (TPSA) is 47.7 Å². The Morgan fingerprint density at radius 3 is 2.80 bits per heavy atom. The number of allylic oxidation sites excluding steroid dienone is 3. The predicted octanol–water partition coefficient (Wildman–Crippen LogP) is 0.119. The van der Waals surface area contributed by atoms with E-state index in [1.54, 1.807) is 6.08 Å². The Hall–Kier alpha value is -0.800. The third kappa shape index (κ3) is 1.59. The summed E-state index contributed by atoms with van der Waals surface area (Å²) < 4.78 is 0. The van der Waals surface area contributed by atoms with E-state index in [0.717, 1.165) is 18.5 Å². The van der Waals surface area contributed by atoms with Gasteiger partial charge in [-0.2, -0.15) is 0 Å². The van der Waals surface area contributed by atoms with Crippen molar-refractivity contribution in [3.8, 4) is 0 Å². The molecular formula is C7H11NO2. The van der Waals surface area contributed by atoms with Crippen LogP contribution in [0.25, 0.3) is 0 Å². The molecule has 0 bridgehead atoms. The lowest BCUT2D eigenvalue weighted by molar-refractivity contribution is -0.784. The molecule has 3 heteroatoms. The lowest BCUT2D eigenvalue weighted by Crippen LogP contribution is -3.01. The zero-order valence-electron chi connectivity index (χ0n) is 5.92. The van der Waals surface area contributed by atoms with Crippen molar-refractivity contribution in [3.63, 3.8) is 0 Å². The lowest BCUT2D eigenvalue weighted by atomic mass is 10.1. The molecule has 1 atom stereocenters. The van der Waals surface area contributed by atoms with E-state index in [2.05, 4.69) is 0 Å². The van der Waals surface area contributed by atoms with Crippen molar-refractivity contribution in [2.45, 2.75) is 12.8 Å². The molecule has 0 heterocycles. The highest BCUT2D eigenvalue weighted by atomic mass is 16.5. The van der Waals surface area contributed by atoms with Gasteiger partial charge in [-0.25, -0.2) is 0 Å². The van der Waals surface area contributed by atoms with Gasteiger partial charge >= 0.3 is 0 Å². The van der Waals surface area contributed by atoms with Gasteiger partial charge in [0, 0.05) is 12.5 Å². The minimum atomic E-state index is 0.0552. The zero-order chi connectivity index (χ0) is 7.56. The lowest BCUT2D eigenvalue weighted by Gasteiger charge is -2.20. The van der Waals surface area contributed by atoms with E-state index in [-0.39, 0.29) is 10.8 Å². The molecule has 0 fully saturated rings. The third-order valence-electron chi connectivity index (χ3n) is 1.54. The molecule has 0 radical (unpaired) electrons. The second-order valence-electron chi connectivity index (χ2n) is 2.39. The summed E-state index contributed by atoms with van der Waals surface area (Å²) in [6.07, 6.45) is 4.79. The van der Waals surface area contributed by atoms with Crippen LogP contribution in [0.1, 0.15) is 12.8 Å².